The number of pyridine rings is 2. The lowest BCUT2D eigenvalue weighted by Crippen LogP contribution is -1.95. The first-order valence-corrected chi connectivity index (χ1v) is 13.5. The first-order valence-electron chi connectivity index (χ1n) is 13.5. The molecule has 4 aromatic heterocycles. The van der Waals surface area contributed by atoms with E-state index in [0.717, 1.165) is 38.9 Å². The van der Waals surface area contributed by atoms with Gasteiger partial charge in [-0.2, -0.15) is 0 Å². The molecule has 0 saturated heterocycles. The molecule has 0 aliphatic rings. The van der Waals surface area contributed by atoms with Gasteiger partial charge in [0.05, 0.1) is 27.6 Å². The van der Waals surface area contributed by atoms with Crippen LogP contribution in [0.3, 0.4) is 0 Å². The van der Waals surface area contributed by atoms with Crippen LogP contribution in [-0.4, -0.2) is 18.9 Å². The number of nitrogens with zero attached hydrogens (tertiary/aromatic N) is 4. The van der Waals surface area contributed by atoms with E-state index >= 15 is 0 Å². The summed E-state index contributed by atoms with van der Waals surface area (Å²) < 4.78 is 4.71. The van der Waals surface area contributed by atoms with Gasteiger partial charge in [-0.15, -0.1) is 0 Å². The number of hydrogen-bond acceptors (Lipinski definition) is 2. The van der Waals surface area contributed by atoms with Crippen LogP contribution in [0.4, 0.5) is 0 Å². The van der Waals surface area contributed by atoms with Crippen molar-refractivity contribution in [3.05, 3.63) is 134 Å². The van der Waals surface area contributed by atoms with Gasteiger partial charge in [0.25, 0.3) is 0 Å². The van der Waals surface area contributed by atoms with Gasteiger partial charge < -0.3 is 4.57 Å². The number of hydrogen-bond donors (Lipinski definition) is 0. The van der Waals surface area contributed by atoms with Crippen LogP contribution in [0.15, 0.2) is 134 Å². The highest BCUT2D eigenvalue weighted by atomic mass is 15.0. The zero-order valence-electron chi connectivity index (χ0n) is 21.5. The van der Waals surface area contributed by atoms with Crippen LogP contribution in [0.5, 0.6) is 0 Å². The lowest BCUT2D eigenvalue weighted by Gasteiger charge is -2.12. The van der Waals surface area contributed by atoms with Crippen LogP contribution < -0.4 is 0 Å². The Labute approximate surface area is 229 Å². The van der Waals surface area contributed by atoms with Crippen LogP contribution in [0.1, 0.15) is 0 Å². The highest BCUT2D eigenvalue weighted by Crippen LogP contribution is 2.39. The van der Waals surface area contributed by atoms with Gasteiger partial charge in [0, 0.05) is 45.2 Å². The van der Waals surface area contributed by atoms with Gasteiger partial charge in [-0.3, -0.25) is 9.38 Å². The standard InChI is InChI=1S/C36H22N4/c1-5-16-33-26(12-1)28-21-35-29(20-30(28)36-38-31-14-3-6-17-34(31)40(33)36)27-13-2-4-15-32(27)39(35)25-11-7-9-23(19-25)24-10-8-18-37-22-24/h1-22H. The average molecular weight is 511 g/mol. The van der Waals surface area contributed by atoms with Gasteiger partial charge in [0.2, 0.25) is 0 Å². The molecule has 186 valence electrons. The first-order chi connectivity index (χ1) is 19.8. The topological polar surface area (TPSA) is 35.1 Å². The molecular formula is C36H22N4. The van der Waals surface area contributed by atoms with E-state index in [1.165, 1.54) is 38.1 Å². The predicted octanol–water partition coefficient (Wildman–Crippen LogP) is 8.95. The highest BCUT2D eigenvalue weighted by Gasteiger charge is 2.18. The number of aromatic nitrogens is 4. The minimum Gasteiger partial charge on any atom is -0.309 e. The lowest BCUT2D eigenvalue weighted by molar-refractivity contribution is 1.18. The monoisotopic (exact) mass is 510 g/mol. The summed E-state index contributed by atoms with van der Waals surface area (Å²) in [5.41, 5.74) is 10.0. The van der Waals surface area contributed by atoms with Crippen molar-refractivity contribution in [2.45, 2.75) is 0 Å². The molecule has 0 fully saturated rings. The minimum atomic E-state index is 0.993. The summed E-state index contributed by atoms with van der Waals surface area (Å²) in [5.74, 6) is 0. The largest absolute Gasteiger partial charge is 0.309 e. The van der Waals surface area contributed by atoms with E-state index in [1.54, 1.807) is 0 Å². The summed E-state index contributed by atoms with van der Waals surface area (Å²) >= 11 is 0. The van der Waals surface area contributed by atoms with E-state index in [-0.39, 0.29) is 0 Å². The molecule has 4 nitrogen and oxygen atoms in total. The van der Waals surface area contributed by atoms with Gasteiger partial charge in [-0.1, -0.05) is 66.7 Å². The Kier molecular flexibility index (Phi) is 4.30. The predicted molar refractivity (Wildman–Crippen MR) is 165 cm³/mol. The second kappa shape index (κ2) is 8.01. The molecule has 0 bridgehead atoms. The van der Waals surface area contributed by atoms with Crippen LogP contribution >= 0.6 is 0 Å². The summed E-state index contributed by atoms with van der Waals surface area (Å²) in [6.07, 6.45) is 3.74. The normalized spacial score (nSPS) is 12.0. The lowest BCUT2D eigenvalue weighted by atomic mass is 10.0. The van der Waals surface area contributed by atoms with Crippen molar-refractivity contribution in [2.75, 3.05) is 0 Å². The molecule has 0 spiro atoms. The molecule has 0 saturated carbocycles. The molecule has 4 heteroatoms. The van der Waals surface area contributed by atoms with Crippen molar-refractivity contribution in [3.63, 3.8) is 0 Å². The maximum Gasteiger partial charge on any atom is 0.146 e. The van der Waals surface area contributed by atoms with E-state index in [9.17, 15) is 0 Å². The van der Waals surface area contributed by atoms with E-state index in [1.807, 2.05) is 18.5 Å². The molecule has 0 aliphatic carbocycles. The fraction of sp³-hybridized carbons (Fsp3) is 0. The van der Waals surface area contributed by atoms with Crippen LogP contribution in [-0.2, 0) is 0 Å². The molecule has 5 aromatic carbocycles. The quantitative estimate of drug-likeness (QED) is 0.218. The third kappa shape index (κ3) is 2.90. The summed E-state index contributed by atoms with van der Waals surface area (Å²) in [5, 5.41) is 6.04. The van der Waals surface area contributed by atoms with Crippen molar-refractivity contribution in [1.29, 1.82) is 0 Å². The number of para-hydroxylation sites is 4. The summed E-state index contributed by atoms with van der Waals surface area (Å²) in [7, 11) is 0. The molecule has 0 amide bonds. The van der Waals surface area contributed by atoms with E-state index in [4.69, 9.17) is 4.98 Å². The van der Waals surface area contributed by atoms with Crippen molar-refractivity contribution >= 4 is 60.2 Å². The van der Waals surface area contributed by atoms with Crippen LogP contribution in [0.25, 0.3) is 77.0 Å². The molecule has 0 aliphatic heterocycles. The number of fused-ring (bicyclic) bond motifs is 11. The summed E-state index contributed by atoms with van der Waals surface area (Å²) in [6, 6.07) is 43.3. The van der Waals surface area contributed by atoms with E-state index < -0.39 is 0 Å². The van der Waals surface area contributed by atoms with E-state index in [2.05, 4.69) is 129 Å². The molecule has 0 radical (unpaired) electrons. The Bertz CT molecular complexity index is 2430. The summed E-state index contributed by atoms with van der Waals surface area (Å²) in [4.78, 5) is 9.48. The maximum absolute atomic E-state index is 5.14. The second-order valence-electron chi connectivity index (χ2n) is 10.3. The number of imidazole rings is 1. The smallest absolute Gasteiger partial charge is 0.146 e. The SMILES string of the molecule is c1cncc(-c2cccc(-n3c4ccccc4c4cc5c(cc43)c3ccccc3n3c4ccccc4nc53)c2)c1. The molecule has 9 rings (SSSR count). The van der Waals surface area contributed by atoms with Gasteiger partial charge in [-0.25, -0.2) is 4.98 Å². The zero-order valence-corrected chi connectivity index (χ0v) is 21.5. The molecule has 40 heavy (non-hydrogen) atoms. The molecule has 9 aromatic rings. The first kappa shape index (κ1) is 21.5. The zero-order chi connectivity index (χ0) is 26.2. The second-order valence-corrected chi connectivity index (χ2v) is 10.3. The number of benzene rings is 5. The van der Waals surface area contributed by atoms with Crippen molar-refractivity contribution in [3.8, 4) is 16.8 Å². The van der Waals surface area contributed by atoms with Gasteiger partial charge in [0.1, 0.15) is 5.65 Å². The number of rotatable bonds is 2. The molecule has 0 N–H and O–H groups in total. The molecule has 0 atom stereocenters. The molecule has 0 unspecified atom stereocenters. The Morgan fingerprint density at radius 3 is 2.08 bits per heavy atom. The Balaban J connectivity index is 1.45. The average Bonchev–Trinajstić information content (AvgIpc) is 3.57. The Hall–Kier alpha value is -5.48. The Morgan fingerprint density at radius 2 is 1.23 bits per heavy atom. The minimum absolute atomic E-state index is 0.993. The third-order valence-corrected chi connectivity index (χ3v) is 8.15. The third-order valence-electron chi connectivity index (χ3n) is 8.15. The molecular weight excluding hydrogens is 488 g/mol. The van der Waals surface area contributed by atoms with Crippen LogP contribution in [0.2, 0.25) is 0 Å². The van der Waals surface area contributed by atoms with E-state index in [0.29, 0.717) is 0 Å². The molecule has 4 heterocycles. The fourth-order valence-corrected chi connectivity index (χ4v) is 6.41. The summed E-state index contributed by atoms with van der Waals surface area (Å²) in [6.45, 7) is 0. The van der Waals surface area contributed by atoms with Crippen molar-refractivity contribution in [2.24, 2.45) is 0 Å². The Morgan fingerprint density at radius 1 is 0.475 bits per heavy atom. The maximum atomic E-state index is 5.14. The van der Waals surface area contributed by atoms with Crippen molar-refractivity contribution in [1.82, 2.24) is 18.9 Å². The van der Waals surface area contributed by atoms with Crippen LogP contribution in [0, 0.1) is 0 Å². The fourth-order valence-electron chi connectivity index (χ4n) is 6.41. The van der Waals surface area contributed by atoms with Crippen molar-refractivity contribution < 1.29 is 0 Å². The highest BCUT2D eigenvalue weighted by molar-refractivity contribution is 6.21. The van der Waals surface area contributed by atoms with Gasteiger partial charge >= 0.3 is 0 Å². The van der Waals surface area contributed by atoms with Gasteiger partial charge in [-0.05, 0) is 65.5 Å². The van der Waals surface area contributed by atoms with Gasteiger partial charge in [0.15, 0.2) is 0 Å².